The van der Waals surface area contributed by atoms with E-state index >= 15 is 0 Å². The van der Waals surface area contributed by atoms with Crippen molar-refractivity contribution in [2.75, 3.05) is 15.8 Å². The summed E-state index contributed by atoms with van der Waals surface area (Å²) in [5.41, 5.74) is 8.20. The highest BCUT2D eigenvalue weighted by Crippen LogP contribution is 2.40. The second kappa shape index (κ2) is 7.41. The molecule has 2 bridgehead atoms. The van der Waals surface area contributed by atoms with Gasteiger partial charge in [0.15, 0.2) is 5.82 Å². The van der Waals surface area contributed by atoms with Crippen molar-refractivity contribution >= 4 is 21.5 Å². The van der Waals surface area contributed by atoms with Crippen molar-refractivity contribution in [1.82, 2.24) is 19.7 Å². The van der Waals surface area contributed by atoms with Gasteiger partial charge in [0, 0.05) is 19.0 Å². The van der Waals surface area contributed by atoms with Crippen LogP contribution in [0.25, 0.3) is 11.3 Å². The SMILES string of the molecule is CC1Oc2nc(cnc2N)-c2c(nn(C)c2C#N)CC2CCS(=O)(=O)N2c2ccc(F)cc21. The minimum Gasteiger partial charge on any atom is -0.467 e. The molecule has 2 aliphatic rings. The Kier molecular flexibility index (Phi) is 4.75. The van der Waals surface area contributed by atoms with Gasteiger partial charge in [-0.3, -0.25) is 8.99 Å². The average molecular weight is 470 g/mol. The molecule has 2 atom stereocenters. The summed E-state index contributed by atoms with van der Waals surface area (Å²) < 4.78 is 49.1. The molecule has 10 nitrogen and oxygen atoms in total. The lowest BCUT2D eigenvalue weighted by Crippen LogP contribution is -2.36. The lowest BCUT2D eigenvalue weighted by atomic mass is 10.0. The first kappa shape index (κ1) is 21.1. The first-order valence-corrected chi connectivity index (χ1v) is 11.9. The van der Waals surface area contributed by atoms with Crippen molar-refractivity contribution in [1.29, 1.82) is 5.26 Å². The normalized spacial score (nSPS) is 21.0. The number of hydrogen-bond donors (Lipinski definition) is 1. The third-order valence-electron chi connectivity index (χ3n) is 5.97. The van der Waals surface area contributed by atoms with Crippen molar-refractivity contribution < 1.29 is 17.5 Å². The lowest BCUT2D eigenvalue weighted by Gasteiger charge is -2.29. The Morgan fingerprint density at radius 1 is 1.36 bits per heavy atom. The number of ether oxygens (including phenoxy) is 1. The van der Waals surface area contributed by atoms with Gasteiger partial charge >= 0.3 is 0 Å². The molecule has 5 rings (SSSR count). The van der Waals surface area contributed by atoms with Gasteiger partial charge in [-0.25, -0.2) is 22.8 Å². The Morgan fingerprint density at radius 3 is 2.91 bits per heavy atom. The van der Waals surface area contributed by atoms with Gasteiger partial charge in [0.2, 0.25) is 10.0 Å². The zero-order valence-corrected chi connectivity index (χ0v) is 18.7. The van der Waals surface area contributed by atoms with Crippen LogP contribution in [-0.2, 0) is 23.5 Å². The second-order valence-electron chi connectivity index (χ2n) is 8.07. The first-order chi connectivity index (χ1) is 15.7. The van der Waals surface area contributed by atoms with E-state index < -0.39 is 28.0 Å². The molecular weight excluding hydrogens is 449 g/mol. The van der Waals surface area contributed by atoms with E-state index in [4.69, 9.17) is 10.5 Å². The summed E-state index contributed by atoms with van der Waals surface area (Å²) in [6.07, 6.45) is 1.22. The molecule has 1 aromatic carbocycles. The van der Waals surface area contributed by atoms with Gasteiger partial charge in [0.1, 0.15) is 23.7 Å². The van der Waals surface area contributed by atoms with Crippen LogP contribution < -0.4 is 14.8 Å². The fourth-order valence-electron chi connectivity index (χ4n) is 4.47. The van der Waals surface area contributed by atoms with Crippen LogP contribution in [0.4, 0.5) is 15.9 Å². The molecule has 2 aromatic heterocycles. The zero-order chi connectivity index (χ0) is 23.5. The number of hydrogen-bond acceptors (Lipinski definition) is 8. The summed E-state index contributed by atoms with van der Waals surface area (Å²) in [6, 6.07) is 5.57. The number of rotatable bonds is 0. The number of fused-ring (bicyclic) bond motifs is 7. The molecule has 0 saturated carbocycles. The summed E-state index contributed by atoms with van der Waals surface area (Å²) >= 11 is 0. The topological polar surface area (TPSA) is 140 Å². The van der Waals surface area contributed by atoms with Gasteiger partial charge in [-0.1, -0.05) is 0 Å². The summed E-state index contributed by atoms with van der Waals surface area (Å²) in [5.74, 6) is -0.577. The summed E-state index contributed by atoms with van der Waals surface area (Å²) in [6.45, 7) is 1.66. The maximum atomic E-state index is 14.2. The van der Waals surface area contributed by atoms with Crippen LogP contribution in [0.2, 0.25) is 0 Å². The number of aryl methyl sites for hydroxylation is 1. The van der Waals surface area contributed by atoms with Crippen LogP contribution in [0.5, 0.6) is 5.88 Å². The van der Waals surface area contributed by atoms with E-state index in [-0.39, 0.29) is 29.6 Å². The molecule has 2 unspecified atom stereocenters. The molecule has 1 saturated heterocycles. The highest BCUT2D eigenvalue weighted by molar-refractivity contribution is 7.93. The van der Waals surface area contributed by atoms with Gasteiger partial charge in [-0.15, -0.1) is 0 Å². The quantitative estimate of drug-likeness (QED) is 0.528. The molecule has 0 spiro atoms. The fourth-order valence-corrected chi connectivity index (χ4v) is 6.34. The van der Waals surface area contributed by atoms with Crippen molar-refractivity contribution in [2.24, 2.45) is 7.05 Å². The van der Waals surface area contributed by atoms with E-state index in [2.05, 4.69) is 21.1 Å². The van der Waals surface area contributed by atoms with E-state index in [0.717, 1.165) is 0 Å². The highest BCUT2D eigenvalue weighted by Gasteiger charge is 2.41. The predicted octanol–water partition coefficient (Wildman–Crippen LogP) is 2.07. The van der Waals surface area contributed by atoms with Crippen molar-refractivity contribution in [3.8, 4) is 23.2 Å². The molecule has 1 fully saturated rings. The van der Waals surface area contributed by atoms with Gasteiger partial charge in [-0.2, -0.15) is 10.4 Å². The summed E-state index contributed by atoms with van der Waals surface area (Å²) in [7, 11) is -2.03. The van der Waals surface area contributed by atoms with Gasteiger partial charge in [-0.05, 0) is 31.5 Å². The Bertz CT molecular complexity index is 1430. The lowest BCUT2D eigenvalue weighted by molar-refractivity contribution is 0.218. The average Bonchev–Trinajstić information content (AvgIpc) is 3.24. The number of sulfonamides is 1. The fraction of sp³-hybridized carbons (Fsp3) is 0.333. The van der Waals surface area contributed by atoms with E-state index in [0.29, 0.717) is 34.6 Å². The Hall–Kier alpha value is -3.72. The van der Waals surface area contributed by atoms with Crippen LogP contribution in [0.15, 0.2) is 24.4 Å². The van der Waals surface area contributed by atoms with Gasteiger partial charge in [0.05, 0.1) is 40.6 Å². The largest absolute Gasteiger partial charge is 0.467 e. The van der Waals surface area contributed by atoms with Crippen molar-refractivity contribution in [2.45, 2.75) is 31.9 Å². The number of nitriles is 1. The van der Waals surface area contributed by atoms with Crippen LogP contribution in [0.1, 0.15) is 36.4 Å². The third kappa shape index (κ3) is 3.36. The number of nitrogens with two attached hydrogens (primary N) is 1. The molecule has 2 aliphatic heterocycles. The van der Waals surface area contributed by atoms with E-state index in [1.165, 1.54) is 33.4 Å². The standard InChI is InChI=1S/C21H20FN7O3S/c1-11-14-7-12(22)3-4-17(14)29-13(5-6-33(29,30)31)8-15-19(18(9-23)28(2)27-15)16-10-25-20(24)21(26-16)32-11/h3-4,7,10-11,13H,5-6,8H2,1-2H3,(H2,24,25). The Balaban J connectivity index is 1.80. The maximum Gasteiger partial charge on any atom is 0.258 e. The Morgan fingerprint density at radius 2 is 2.15 bits per heavy atom. The maximum absolute atomic E-state index is 14.2. The number of nitrogen functional groups attached to an aromatic ring is 1. The first-order valence-electron chi connectivity index (χ1n) is 10.3. The zero-order valence-electron chi connectivity index (χ0n) is 17.9. The number of halogens is 1. The summed E-state index contributed by atoms with van der Waals surface area (Å²) in [5, 5.41) is 14.2. The minimum absolute atomic E-state index is 0.00435. The molecule has 2 N–H and O–H groups in total. The van der Waals surface area contributed by atoms with Crippen molar-refractivity contribution in [3.05, 3.63) is 47.2 Å². The van der Waals surface area contributed by atoms with E-state index in [1.54, 1.807) is 14.0 Å². The molecule has 4 heterocycles. The second-order valence-corrected chi connectivity index (χ2v) is 10.0. The monoisotopic (exact) mass is 469 g/mol. The van der Waals surface area contributed by atoms with Crippen molar-refractivity contribution in [3.63, 3.8) is 0 Å². The number of benzene rings is 1. The number of aromatic nitrogens is 4. The molecule has 33 heavy (non-hydrogen) atoms. The van der Waals surface area contributed by atoms with Gasteiger partial charge in [0.25, 0.3) is 5.88 Å². The summed E-state index contributed by atoms with van der Waals surface area (Å²) in [4.78, 5) is 8.66. The number of nitrogens with zero attached hydrogens (tertiary/aromatic N) is 6. The Labute approximate surface area is 189 Å². The van der Waals surface area contributed by atoms with Crippen LogP contribution in [-0.4, -0.2) is 40.0 Å². The van der Waals surface area contributed by atoms with E-state index in [1.807, 2.05) is 0 Å². The molecular formula is C21H20FN7O3S. The molecule has 0 amide bonds. The minimum atomic E-state index is -3.66. The smallest absolute Gasteiger partial charge is 0.258 e. The molecule has 12 heteroatoms. The van der Waals surface area contributed by atoms with Gasteiger partial charge < -0.3 is 10.5 Å². The van der Waals surface area contributed by atoms with E-state index in [9.17, 15) is 18.1 Å². The molecule has 0 aliphatic carbocycles. The van der Waals surface area contributed by atoms with Crippen LogP contribution in [0.3, 0.4) is 0 Å². The van der Waals surface area contributed by atoms with Crippen LogP contribution >= 0.6 is 0 Å². The third-order valence-corrected chi connectivity index (χ3v) is 7.82. The molecule has 170 valence electrons. The number of anilines is 2. The molecule has 3 aromatic rings. The van der Waals surface area contributed by atoms with Crippen LogP contribution in [0, 0.1) is 17.1 Å². The highest BCUT2D eigenvalue weighted by atomic mass is 32.2. The predicted molar refractivity (Wildman–Crippen MR) is 117 cm³/mol. The molecule has 0 radical (unpaired) electrons.